The molecule has 1 nitrogen and oxygen atoms in total. The molecule has 0 saturated heterocycles. The Morgan fingerprint density at radius 3 is 2.12 bits per heavy atom. The van der Waals surface area contributed by atoms with Gasteiger partial charge in [0.1, 0.15) is 7.05 Å². The topological polar surface area (TPSA) is 3.88 Å². The molecule has 1 heterocycles. The van der Waals surface area contributed by atoms with Crippen molar-refractivity contribution < 1.29 is 4.57 Å². The third kappa shape index (κ3) is 3.82. The first kappa shape index (κ1) is 22.5. The molecule has 32 heavy (non-hydrogen) atoms. The summed E-state index contributed by atoms with van der Waals surface area (Å²) in [5.41, 5.74) is 7.83. The van der Waals surface area contributed by atoms with E-state index in [9.17, 15) is 0 Å². The summed E-state index contributed by atoms with van der Waals surface area (Å²) in [7, 11) is 0.579. The van der Waals surface area contributed by atoms with Gasteiger partial charge in [0.15, 0.2) is 6.20 Å². The zero-order valence-electron chi connectivity index (χ0n) is 20.9. The lowest BCUT2D eigenvalue weighted by atomic mass is 9.92. The Labute approximate surface area is 194 Å². The lowest BCUT2D eigenvalue weighted by molar-refractivity contribution is -0.659. The Bertz CT molecular complexity index is 1290. The Kier molecular flexibility index (Phi) is 5.62. The molecular formula is C30H36NSi+. The summed E-state index contributed by atoms with van der Waals surface area (Å²) in [5.74, 6) is 0. The third-order valence-electron chi connectivity index (χ3n) is 7.76. The summed E-state index contributed by atoms with van der Waals surface area (Å²) in [4.78, 5) is 0. The lowest BCUT2D eigenvalue weighted by Crippen LogP contribution is -2.49. The number of rotatable bonds is 3. The van der Waals surface area contributed by atoms with Crippen molar-refractivity contribution in [1.29, 1.82) is 0 Å². The molecule has 0 unspecified atom stereocenters. The number of fused-ring (bicyclic) bond motifs is 1. The number of nitrogens with zero attached hydrogens (tertiary/aromatic N) is 1. The fraction of sp³-hybridized carbons (Fsp3) is 0.300. The molecule has 0 amide bonds. The average molecular weight is 439 g/mol. The Morgan fingerprint density at radius 1 is 0.781 bits per heavy atom. The van der Waals surface area contributed by atoms with Crippen LogP contribution in [0.5, 0.6) is 0 Å². The first-order valence-corrected chi connectivity index (χ1v) is 14.6. The van der Waals surface area contributed by atoms with Crippen molar-refractivity contribution in [1.82, 2.24) is 0 Å². The molecule has 0 atom stereocenters. The first-order chi connectivity index (χ1) is 15.0. The van der Waals surface area contributed by atoms with Gasteiger partial charge in [0.2, 0.25) is 5.69 Å². The Hall–Kier alpha value is -2.71. The fourth-order valence-corrected chi connectivity index (χ4v) is 6.31. The highest BCUT2D eigenvalue weighted by atomic mass is 28.3. The average Bonchev–Trinajstić information content (AvgIpc) is 2.75. The molecule has 4 aromatic rings. The van der Waals surface area contributed by atoms with Crippen molar-refractivity contribution in [3.8, 4) is 22.4 Å². The van der Waals surface area contributed by atoms with Crippen LogP contribution in [0.15, 0.2) is 72.9 Å². The number of hydrogen-bond donors (Lipinski definition) is 0. The molecule has 3 aromatic carbocycles. The zero-order valence-corrected chi connectivity index (χ0v) is 21.9. The standard InChI is InChI=1S/C30H36NSi/c1-21-18-25(23-12-10-9-11-13-23)20-28(22(21)2)29-27-15-14-26(32(7,8)30(3,4)5)19-24(27)16-17-31(29)6/h9-20H,1-8H3/q+1. The Balaban J connectivity index is 1.96. The van der Waals surface area contributed by atoms with E-state index in [1.165, 1.54) is 49.5 Å². The molecular weight excluding hydrogens is 402 g/mol. The third-order valence-corrected chi connectivity index (χ3v) is 13.3. The van der Waals surface area contributed by atoms with Crippen LogP contribution in [0.1, 0.15) is 31.9 Å². The summed E-state index contributed by atoms with van der Waals surface area (Å²) in [6, 6.07) is 24.9. The van der Waals surface area contributed by atoms with E-state index in [2.05, 4.69) is 132 Å². The summed E-state index contributed by atoms with van der Waals surface area (Å²) in [5, 5.41) is 4.51. The number of aryl methyl sites for hydroxylation is 2. The quantitative estimate of drug-likeness (QED) is 0.233. The SMILES string of the molecule is Cc1cc(-c2ccccc2)cc(-c2c3ccc([Si](C)(C)C(C)(C)C)cc3cc[n+]2C)c1C. The molecule has 0 spiro atoms. The van der Waals surface area contributed by atoms with E-state index in [4.69, 9.17) is 0 Å². The maximum absolute atomic E-state index is 2.49. The van der Waals surface area contributed by atoms with E-state index in [0.717, 1.165) is 0 Å². The second kappa shape index (κ2) is 8.01. The second-order valence-corrected chi connectivity index (χ2v) is 16.1. The molecule has 0 saturated carbocycles. The highest BCUT2D eigenvalue weighted by Crippen LogP contribution is 2.37. The Morgan fingerprint density at radius 2 is 1.47 bits per heavy atom. The normalized spacial score (nSPS) is 12.4. The molecule has 164 valence electrons. The van der Waals surface area contributed by atoms with Crippen LogP contribution in [-0.4, -0.2) is 8.07 Å². The molecule has 0 radical (unpaired) electrons. The molecule has 1 aromatic heterocycles. The monoisotopic (exact) mass is 438 g/mol. The van der Waals surface area contributed by atoms with Gasteiger partial charge in [0, 0.05) is 6.07 Å². The molecule has 0 N–H and O–H groups in total. The first-order valence-electron chi connectivity index (χ1n) is 11.6. The van der Waals surface area contributed by atoms with Crippen molar-refractivity contribution in [3.05, 3.63) is 84.1 Å². The van der Waals surface area contributed by atoms with Crippen molar-refractivity contribution >= 4 is 24.0 Å². The van der Waals surface area contributed by atoms with Crippen LogP contribution in [0.25, 0.3) is 33.2 Å². The summed E-state index contributed by atoms with van der Waals surface area (Å²) in [6.45, 7) is 16.6. The maximum Gasteiger partial charge on any atom is 0.220 e. The van der Waals surface area contributed by atoms with Crippen molar-refractivity contribution in [2.24, 2.45) is 7.05 Å². The van der Waals surface area contributed by atoms with Crippen LogP contribution in [-0.2, 0) is 7.05 Å². The van der Waals surface area contributed by atoms with Crippen LogP contribution in [0, 0.1) is 13.8 Å². The van der Waals surface area contributed by atoms with Gasteiger partial charge in [-0.05, 0) is 58.7 Å². The lowest BCUT2D eigenvalue weighted by Gasteiger charge is -2.37. The molecule has 0 aliphatic carbocycles. The molecule has 0 bridgehead atoms. The van der Waals surface area contributed by atoms with Gasteiger partial charge in [-0.15, -0.1) is 0 Å². The number of benzene rings is 3. The summed E-state index contributed by atoms with van der Waals surface area (Å²) < 4.78 is 2.28. The number of hydrogen-bond acceptors (Lipinski definition) is 0. The predicted octanol–water partition coefficient (Wildman–Crippen LogP) is 7.33. The minimum Gasteiger partial charge on any atom is -0.200 e. The van der Waals surface area contributed by atoms with Crippen LogP contribution in [0.2, 0.25) is 18.1 Å². The van der Waals surface area contributed by atoms with Gasteiger partial charge in [0.05, 0.1) is 19.0 Å². The minimum atomic E-state index is -1.59. The zero-order chi connectivity index (χ0) is 23.3. The van der Waals surface area contributed by atoms with Gasteiger partial charge in [-0.2, -0.15) is 0 Å². The molecule has 0 aliphatic heterocycles. The van der Waals surface area contributed by atoms with Gasteiger partial charge >= 0.3 is 0 Å². The van der Waals surface area contributed by atoms with Crippen molar-refractivity contribution in [2.45, 2.75) is 52.8 Å². The van der Waals surface area contributed by atoms with Gasteiger partial charge in [0.25, 0.3) is 0 Å². The van der Waals surface area contributed by atoms with E-state index >= 15 is 0 Å². The van der Waals surface area contributed by atoms with Crippen molar-refractivity contribution in [3.63, 3.8) is 0 Å². The van der Waals surface area contributed by atoms with Crippen LogP contribution in [0.3, 0.4) is 0 Å². The molecule has 0 fully saturated rings. The van der Waals surface area contributed by atoms with E-state index in [-0.39, 0.29) is 0 Å². The van der Waals surface area contributed by atoms with Crippen molar-refractivity contribution in [2.75, 3.05) is 0 Å². The molecule has 4 rings (SSSR count). The molecule has 0 aliphatic rings. The van der Waals surface area contributed by atoms with E-state index < -0.39 is 8.07 Å². The van der Waals surface area contributed by atoms with Gasteiger partial charge in [-0.25, -0.2) is 4.57 Å². The van der Waals surface area contributed by atoms with E-state index in [1.54, 1.807) is 0 Å². The smallest absolute Gasteiger partial charge is 0.200 e. The number of aromatic nitrogens is 1. The predicted molar refractivity (Wildman–Crippen MR) is 142 cm³/mol. The second-order valence-electron chi connectivity index (χ2n) is 10.8. The van der Waals surface area contributed by atoms with Crippen LogP contribution < -0.4 is 9.75 Å². The van der Waals surface area contributed by atoms with Gasteiger partial charge < -0.3 is 0 Å². The van der Waals surface area contributed by atoms with E-state index in [1.807, 2.05) is 0 Å². The van der Waals surface area contributed by atoms with Gasteiger partial charge in [-0.1, -0.05) is 87.6 Å². The minimum absolute atomic E-state index is 0.320. The van der Waals surface area contributed by atoms with Crippen LogP contribution in [0.4, 0.5) is 0 Å². The van der Waals surface area contributed by atoms with Gasteiger partial charge in [-0.3, -0.25) is 0 Å². The maximum atomic E-state index is 2.49. The number of pyridine rings is 1. The van der Waals surface area contributed by atoms with E-state index in [0.29, 0.717) is 5.04 Å². The molecule has 2 heteroatoms. The summed E-state index contributed by atoms with van der Waals surface area (Å²) in [6.07, 6.45) is 2.22. The van der Waals surface area contributed by atoms with Crippen LogP contribution >= 0.6 is 0 Å². The largest absolute Gasteiger partial charge is 0.220 e. The highest BCUT2D eigenvalue weighted by molar-refractivity contribution is 6.92. The fourth-order valence-electron chi connectivity index (χ4n) is 4.43. The summed E-state index contributed by atoms with van der Waals surface area (Å²) >= 11 is 0. The highest BCUT2D eigenvalue weighted by Gasteiger charge is 2.37.